The zero-order chi connectivity index (χ0) is 15.6. The number of hydrogen-bond donors (Lipinski definition) is 4. The van der Waals surface area contributed by atoms with Crippen LogP contribution in [0.5, 0.6) is 0 Å². The van der Waals surface area contributed by atoms with E-state index in [1.807, 2.05) is 6.20 Å². The van der Waals surface area contributed by atoms with Crippen molar-refractivity contribution >= 4 is 16.9 Å². The van der Waals surface area contributed by atoms with Crippen molar-refractivity contribution in [3.63, 3.8) is 0 Å². The second-order valence-electron chi connectivity index (χ2n) is 6.02. The molecule has 0 saturated heterocycles. The second kappa shape index (κ2) is 5.96. The van der Waals surface area contributed by atoms with Gasteiger partial charge < -0.3 is 20.7 Å². The molecule has 1 saturated carbocycles. The number of hydrogen-bond acceptors (Lipinski definition) is 2. The highest BCUT2D eigenvalue weighted by atomic mass is 19.1. The minimum atomic E-state index is -0.267. The summed E-state index contributed by atoms with van der Waals surface area (Å²) in [6, 6.07) is 4.42. The maximum absolute atomic E-state index is 13.1. The number of carbonyl (C=O) groups is 1. The van der Waals surface area contributed by atoms with Gasteiger partial charge in [0.25, 0.3) is 0 Å². The zero-order valence-electron chi connectivity index (χ0n) is 12.3. The van der Waals surface area contributed by atoms with E-state index >= 15 is 0 Å². The van der Waals surface area contributed by atoms with Crippen LogP contribution in [0.3, 0.4) is 0 Å². The Balaban J connectivity index is 1.46. The second-order valence-corrected chi connectivity index (χ2v) is 6.02. The monoisotopic (exact) mass is 305 g/mol. The van der Waals surface area contributed by atoms with Crippen LogP contribution in [0.15, 0.2) is 24.4 Å². The molecule has 1 heterocycles. The smallest absolute Gasteiger partial charge is 0.314 e. The summed E-state index contributed by atoms with van der Waals surface area (Å²) in [4.78, 5) is 14.7. The number of aliphatic hydroxyl groups excluding tert-OH is 1. The molecule has 22 heavy (non-hydrogen) atoms. The zero-order valence-corrected chi connectivity index (χ0v) is 12.3. The molecule has 0 bridgehead atoms. The van der Waals surface area contributed by atoms with E-state index in [9.17, 15) is 14.3 Å². The maximum Gasteiger partial charge on any atom is 0.314 e. The van der Waals surface area contributed by atoms with Gasteiger partial charge in [0.15, 0.2) is 0 Å². The lowest BCUT2D eigenvalue weighted by Crippen LogP contribution is -2.40. The standard InChI is InChI=1S/C16H20FN3O2/c17-12-1-2-13-11(8-19-14(13)7-12)3-6-18-15(22)20-9-16(10-21)4-5-16/h1-2,7-8,19,21H,3-6,9-10H2,(H2,18,20,22). The molecule has 1 aliphatic rings. The van der Waals surface area contributed by atoms with Gasteiger partial charge in [0, 0.05) is 35.6 Å². The van der Waals surface area contributed by atoms with Crippen LogP contribution in [0.4, 0.5) is 9.18 Å². The fraction of sp³-hybridized carbons (Fsp3) is 0.438. The minimum absolute atomic E-state index is 0.0851. The van der Waals surface area contributed by atoms with Crippen molar-refractivity contribution in [3.8, 4) is 0 Å². The lowest BCUT2D eigenvalue weighted by molar-refractivity contribution is 0.203. The SMILES string of the molecule is O=C(NCCc1c[nH]c2cc(F)ccc12)NCC1(CO)CC1. The molecular weight excluding hydrogens is 285 g/mol. The van der Waals surface area contributed by atoms with E-state index in [0.29, 0.717) is 19.5 Å². The van der Waals surface area contributed by atoms with Crippen LogP contribution in [-0.4, -0.2) is 35.8 Å². The normalized spacial score (nSPS) is 15.7. The topological polar surface area (TPSA) is 77.2 Å². The van der Waals surface area contributed by atoms with E-state index in [2.05, 4.69) is 15.6 Å². The summed E-state index contributed by atoms with van der Waals surface area (Å²) in [5, 5.41) is 15.8. The first-order valence-electron chi connectivity index (χ1n) is 7.50. The van der Waals surface area contributed by atoms with E-state index in [4.69, 9.17) is 0 Å². The number of amides is 2. The molecule has 0 unspecified atom stereocenters. The molecule has 1 aromatic carbocycles. The number of H-pyrrole nitrogens is 1. The molecule has 2 amide bonds. The summed E-state index contributed by atoms with van der Waals surface area (Å²) in [5.41, 5.74) is 1.72. The number of rotatable bonds is 6. The Kier molecular flexibility index (Phi) is 4.02. The Labute approximate surface area is 127 Å². The summed E-state index contributed by atoms with van der Waals surface area (Å²) in [6.45, 7) is 1.14. The highest BCUT2D eigenvalue weighted by Gasteiger charge is 2.42. The fourth-order valence-electron chi connectivity index (χ4n) is 2.57. The van der Waals surface area contributed by atoms with Gasteiger partial charge in [-0.2, -0.15) is 0 Å². The molecule has 0 radical (unpaired) electrons. The van der Waals surface area contributed by atoms with Gasteiger partial charge in [0.05, 0.1) is 6.61 Å². The number of urea groups is 1. The Bertz CT molecular complexity index is 679. The number of carbonyl (C=O) groups excluding carboxylic acids is 1. The number of aliphatic hydroxyl groups is 1. The van der Waals surface area contributed by atoms with E-state index in [-0.39, 0.29) is 23.9 Å². The number of benzene rings is 1. The Morgan fingerprint density at radius 3 is 2.91 bits per heavy atom. The molecule has 6 heteroatoms. The molecular formula is C16H20FN3O2. The molecule has 0 atom stereocenters. The van der Waals surface area contributed by atoms with Gasteiger partial charge in [-0.3, -0.25) is 0 Å². The third-order valence-electron chi connectivity index (χ3n) is 4.33. The van der Waals surface area contributed by atoms with Gasteiger partial charge in [-0.15, -0.1) is 0 Å². The molecule has 1 aliphatic carbocycles. The minimum Gasteiger partial charge on any atom is -0.396 e. The van der Waals surface area contributed by atoms with Gasteiger partial charge in [-0.05, 0) is 43.0 Å². The number of aromatic nitrogens is 1. The highest BCUT2D eigenvalue weighted by molar-refractivity contribution is 5.83. The number of halogens is 1. The van der Waals surface area contributed by atoms with Crippen LogP contribution in [-0.2, 0) is 6.42 Å². The van der Waals surface area contributed by atoms with E-state index in [1.54, 1.807) is 6.07 Å². The summed E-state index contributed by atoms with van der Waals surface area (Å²) in [7, 11) is 0. The van der Waals surface area contributed by atoms with Gasteiger partial charge in [-0.1, -0.05) is 0 Å². The van der Waals surface area contributed by atoms with Crippen LogP contribution in [0.25, 0.3) is 10.9 Å². The number of fused-ring (bicyclic) bond motifs is 1. The Hall–Kier alpha value is -2.08. The van der Waals surface area contributed by atoms with Crippen molar-refractivity contribution < 1.29 is 14.3 Å². The molecule has 1 fully saturated rings. The lowest BCUT2D eigenvalue weighted by Gasteiger charge is -2.13. The van der Waals surface area contributed by atoms with Crippen molar-refractivity contribution in [2.75, 3.05) is 19.7 Å². The Morgan fingerprint density at radius 2 is 2.18 bits per heavy atom. The average Bonchev–Trinajstić information content (AvgIpc) is 3.20. The van der Waals surface area contributed by atoms with Crippen molar-refractivity contribution in [3.05, 3.63) is 35.8 Å². The van der Waals surface area contributed by atoms with Crippen molar-refractivity contribution in [2.45, 2.75) is 19.3 Å². The quantitative estimate of drug-likeness (QED) is 0.658. The van der Waals surface area contributed by atoms with E-state index < -0.39 is 0 Å². The van der Waals surface area contributed by atoms with Gasteiger partial charge in [0.2, 0.25) is 0 Å². The molecule has 4 N–H and O–H groups in total. The molecule has 1 aromatic heterocycles. The molecule has 0 aliphatic heterocycles. The van der Waals surface area contributed by atoms with Crippen molar-refractivity contribution in [2.24, 2.45) is 5.41 Å². The number of aromatic amines is 1. The molecule has 2 aromatic rings. The largest absolute Gasteiger partial charge is 0.396 e. The maximum atomic E-state index is 13.1. The Morgan fingerprint density at radius 1 is 1.36 bits per heavy atom. The molecule has 5 nitrogen and oxygen atoms in total. The third kappa shape index (κ3) is 3.22. The number of nitrogens with one attached hydrogen (secondary N) is 3. The van der Waals surface area contributed by atoms with Gasteiger partial charge >= 0.3 is 6.03 Å². The van der Waals surface area contributed by atoms with Crippen LogP contribution in [0.2, 0.25) is 0 Å². The lowest BCUT2D eigenvalue weighted by atomic mass is 10.1. The first-order chi connectivity index (χ1) is 10.6. The van der Waals surface area contributed by atoms with Crippen LogP contribution < -0.4 is 10.6 Å². The first-order valence-corrected chi connectivity index (χ1v) is 7.50. The first kappa shape index (κ1) is 14.8. The summed E-state index contributed by atoms with van der Waals surface area (Å²) in [6.07, 6.45) is 4.45. The third-order valence-corrected chi connectivity index (χ3v) is 4.33. The van der Waals surface area contributed by atoms with Gasteiger partial charge in [-0.25, -0.2) is 9.18 Å². The van der Waals surface area contributed by atoms with Crippen molar-refractivity contribution in [1.82, 2.24) is 15.6 Å². The van der Waals surface area contributed by atoms with Crippen LogP contribution in [0, 0.1) is 11.2 Å². The fourth-order valence-corrected chi connectivity index (χ4v) is 2.57. The van der Waals surface area contributed by atoms with Crippen LogP contribution >= 0.6 is 0 Å². The van der Waals surface area contributed by atoms with Crippen molar-refractivity contribution in [1.29, 1.82) is 0 Å². The van der Waals surface area contributed by atoms with E-state index in [0.717, 1.165) is 29.3 Å². The average molecular weight is 305 g/mol. The van der Waals surface area contributed by atoms with Gasteiger partial charge in [0.1, 0.15) is 5.82 Å². The van der Waals surface area contributed by atoms with Crippen LogP contribution in [0.1, 0.15) is 18.4 Å². The molecule has 118 valence electrons. The highest BCUT2D eigenvalue weighted by Crippen LogP contribution is 2.44. The van der Waals surface area contributed by atoms with E-state index in [1.165, 1.54) is 12.1 Å². The predicted molar refractivity (Wildman–Crippen MR) is 82.1 cm³/mol. The summed E-state index contributed by atoms with van der Waals surface area (Å²) < 4.78 is 13.1. The molecule has 0 spiro atoms. The summed E-state index contributed by atoms with van der Waals surface area (Å²) in [5.74, 6) is -0.267. The predicted octanol–water partition coefficient (Wildman–Crippen LogP) is 1.92. The molecule has 3 rings (SSSR count). The summed E-state index contributed by atoms with van der Waals surface area (Å²) >= 11 is 0.